The van der Waals surface area contributed by atoms with Gasteiger partial charge in [0.2, 0.25) is 0 Å². The molecule has 1 heterocycles. The maximum absolute atomic E-state index is 4.48. The van der Waals surface area contributed by atoms with Gasteiger partial charge < -0.3 is 5.32 Å². The van der Waals surface area contributed by atoms with E-state index < -0.39 is 0 Å². The summed E-state index contributed by atoms with van der Waals surface area (Å²) in [4.78, 5) is 0. The topological polar surface area (TPSA) is 29.9 Å². The quantitative estimate of drug-likeness (QED) is 0.869. The number of aromatic nitrogens is 2. The van der Waals surface area contributed by atoms with Gasteiger partial charge >= 0.3 is 0 Å². The minimum absolute atomic E-state index is 0.526. The lowest BCUT2D eigenvalue weighted by atomic mass is 9.92. The van der Waals surface area contributed by atoms with Crippen molar-refractivity contribution < 1.29 is 0 Å². The van der Waals surface area contributed by atoms with Crippen LogP contribution in [-0.2, 0) is 20.0 Å². The third-order valence-electron chi connectivity index (χ3n) is 3.93. The van der Waals surface area contributed by atoms with Gasteiger partial charge in [-0.25, -0.2) is 0 Å². The average molecular weight is 235 g/mol. The monoisotopic (exact) mass is 235 g/mol. The number of aryl methyl sites for hydroxylation is 2. The first kappa shape index (κ1) is 12.6. The molecule has 1 fully saturated rings. The van der Waals surface area contributed by atoms with Crippen LogP contribution in [0.25, 0.3) is 0 Å². The second-order valence-corrected chi connectivity index (χ2v) is 6.09. The van der Waals surface area contributed by atoms with Gasteiger partial charge in [0.15, 0.2) is 0 Å². The summed E-state index contributed by atoms with van der Waals surface area (Å²) in [6.07, 6.45) is 4.97. The van der Waals surface area contributed by atoms with E-state index in [0.717, 1.165) is 13.0 Å². The van der Waals surface area contributed by atoms with Gasteiger partial charge in [-0.15, -0.1) is 0 Å². The molecule has 0 spiro atoms. The Balaban J connectivity index is 1.88. The van der Waals surface area contributed by atoms with Crippen molar-refractivity contribution in [2.45, 2.75) is 59.0 Å². The second-order valence-electron chi connectivity index (χ2n) is 6.09. The molecular weight excluding hydrogens is 210 g/mol. The fourth-order valence-electron chi connectivity index (χ4n) is 2.77. The van der Waals surface area contributed by atoms with Gasteiger partial charge in [0, 0.05) is 19.6 Å². The van der Waals surface area contributed by atoms with E-state index in [2.05, 4.69) is 37.3 Å². The lowest BCUT2D eigenvalue weighted by Crippen LogP contribution is -2.27. The molecule has 1 aromatic heterocycles. The van der Waals surface area contributed by atoms with E-state index in [1.165, 1.54) is 30.7 Å². The van der Waals surface area contributed by atoms with E-state index in [0.29, 0.717) is 11.5 Å². The molecule has 17 heavy (non-hydrogen) atoms. The average Bonchev–Trinajstić information content (AvgIpc) is 2.79. The molecule has 3 heteroatoms. The molecule has 0 saturated heterocycles. The fourth-order valence-corrected chi connectivity index (χ4v) is 2.77. The number of nitrogens with one attached hydrogen (secondary N) is 1. The summed E-state index contributed by atoms with van der Waals surface area (Å²) >= 11 is 0. The van der Waals surface area contributed by atoms with Crippen LogP contribution >= 0.6 is 0 Å². The normalized spacial score (nSPS) is 23.2. The highest BCUT2D eigenvalue weighted by Crippen LogP contribution is 2.36. The van der Waals surface area contributed by atoms with Gasteiger partial charge in [-0.1, -0.05) is 20.8 Å². The standard InChI is InChI=1S/C14H25N3/c1-5-11-8-13(17(4)16-11)10-15-12-6-7-14(2,3)9-12/h8,12,15H,5-7,9-10H2,1-4H3. The van der Waals surface area contributed by atoms with Crippen LogP contribution in [0.3, 0.4) is 0 Å². The lowest BCUT2D eigenvalue weighted by Gasteiger charge is -2.17. The largest absolute Gasteiger partial charge is 0.308 e. The van der Waals surface area contributed by atoms with Crippen LogP contribution in [0.1, 0.15) is 51.4 Å². The van der Waals surface area contributed by atoms with Crippen LogP contribution < -0.4 is 5.32 Å². The molecule has 3 nitrogen and oxygen atoms in total. The van der Waals surface area contributed by atoms with E-state index in [9.17, 15) is 0 Å². The Morgan fingerprint density at radius 2 is 2.29 bits per heavy atom. The molecule has 96 valence electrons. The van der Waals surface area contributed by atoms with Crippen molar-refractivity contribution in [3.63, 3.8) is 0 Å². The lowest BCUT2D eigenvalue weighted by molar-refractivity contribution is 0.363. The molecule has 0 radical (unpaired) electrons. The molecule has 1 aromatic rings. The molecule has 0 aromatic carbocycles. The van der Waals surface area contributed by atoms with Gasteiger partial charge in [0.05, 0.1) is 11.4 Å². The Bertz CT molecular complexity index is 379. The zero-order valence-corrected chi connectivity index (χ0v) is 11.6. The third-order valence-corrected chi connectivity index (χ3v) is 3.93. The Morgan fingerprint density at radius 1 is 1.53 bits per heavy atom. The van der Waals surface area contributed by atoms with Gasteiger partial charge in [-0.3, -0.25) is 4.68 Å². The third kappa shape index (κ3) is 3.09. The Morgan fingerprint density at radius 3 is 2.82 bits per heavy atom. The molecule has 1 aliphatic carbocycles. The van der Waals surface area contributed by atoms with Crippen LogP contribution in [-0.4, -0.2) is 15.8 Å². The summed E-state index contributed by atoms with van der Waals surface area (Å²) in [5, 5.41) is 8.15. The summed E-state index contributed by atoms with van der Waals surface area (Å²) < 4.78 is 2.01. The summed E-state index contributed by atoms with van der Waals surface area (Å²) in [6, 6.07) is 2.90. The predicted octanol–water partition coefficient (Wildman–Crippen LogP) is 2.65. The van der Waals surface area contributed by atoms with Crippen molar-refractivity contribution in [1.82, 2.24) is 15.1 Å². The zero-order valence-electron chi connectivity index (χ0n) is 11.6. The Labute approximate surface area is 105 Å². The zero-order chi connectivity index (χ0) is 12.5. The maximum Gasteiger partial charge on any atom is 0.0625 e. The van der Waals surface area contributed by atoms with Crippen molar-refractivity contribution in [2.75, 3.05) is 0 Å². The van der Waals surface area contributed by atoms with Crippen LogP contribution in [0, 0.1) is 5.41 Å². The first-order valence-corrected chi connectivity index (χ1v) is 6.75. The summed E-state index contributed by atoms with van der Waals surface area (Å²) in [5.41, 5.74) is 3.02. The second kappa shape index (κ2) is 4.81. The molecule has 0 aliphatic heterocycles. The van der Waals surface area contributed by atoms with Gasteiger partial charge in [0.1, 0.15) is 0 Å². The highest BCUT2D eigenvalue weighted by atomic mass is 15.3. The SMILES string of the molecule is CCc1cc(CNC2CCC(C)(C)C2)n(C)n1. The first-order chi connectivity index (χ1) is 8.00. The molecule has 2 rings (SSSR count). The van der Waals surface area contributed by atoms with E-state index in [1.54, 1.807) is 0 Å². The predicted molar refractivity (Wildman–Crippen MR) is 70.8 cm³/mol. The van der Waals surface area contributed by atoms with E-state index in [-0.39, 0.29) is 0 Å². The summed E-state index contributed by atoms with van der Waals surface area (Å²) in [7, 11) is 2.04. The fraction of sp³-hybridized carbons (Fsp3) is 0.786. The molecule has 1 N–H and O–H groups in total. The minimum Gasteiger partial charge on any atom is -0.308 e. The summed E-state index contributed by atoms with van der Waals surface area (Å²) in [5.74, 6) is 0. The highest BCUT2D eigenvalue weighted by molar-refractivity contribution is 5.10. The minimum atomic E-state index is 0.526. The van der Waals surface area contributed by atoms with Crippen molar-refractivity contribution >= 4 is 0 Å². The smallest absolute Gasteiger partial charge is 0.0625 e. The van der Waals surface area contributed by atoms with Crippen molar-refractivity contribution in [2.24, 2.45) is 12.5 Å². The van der Waals surface area contributed by atoms with Gasteiger partial charge in [0.25, 0.3) is 0 Å². The van der Waals surface area contributed by atoms with Crippen LogP contribution in [0.4, 0.5) is 0 Å². The molecule has 0 amide bonds. The van der Waals surface area contributed by atoms with E-state index in [4.69, 9.17) is 0 Å². The number of nitrogens with zero attached hydrogens (tertiary/aromatic N) is 2. The van der Waals surface area contributed by atoms with Crippen LogP contribution in [0.2, 0.25) is 0 Å². The van der Waals surface area contributed by atoms with Crippen LogP contribution in [0.15, 0.2) is 6.07 Å². The Hall–Kier alpha value is -0.830. The van der Waals surface area contributed by atoms with Gasteiger partial charge in [-0.05, 0) is 37.2 Å². The number of hydrogen-bond acceptors (Lipinski definition) is 2. The van der Waals surface area contributed by atoms with E-state index >= 15 is 0 Å². The molecule has 0 bridgehead atoms. The molecule has 1 unspecified atom stereocenters. The van der Waals surface area contributed by atoms with Crippen molar-refractivity contribution in [3.05, 3.63) is 17.5 Å². The highest BCUT2D eigenvalue weighted by Gasteiger charge is 2.30. The summed E-state index contributed by atoms with van der Waals surface area (Å²) in [6.45, 7) is 7.84. The maximum atomic E-state index is 4.48. The molecule has 1 aliphatic rings. The Kier molecular flexibility index (Phi) is 3.57. The van der Waals surface area contributed by atoms with Gasteiger partial charge in [-0.2, -0.15) is 5.10 Å². The van der Waals surface area contributed by atoms with E-state index in [1.807, 2.05) is 11.7 Å². The molecular formula is C14H25N3. The number of hydrogen-bond donors (Lipinski definition) is 1. The molecule has 1 atom stereocenters. The van der Waals surface area contributed by atoms with Crippen molar-refractivity contribution in [1.29, 1.82) is 0 Å². The van der Waals surface area contributed by atoms with Crippen LogP contribution in [0.5, 0.6) is 0 Å². The van der Waals surface area contributed by atoms with Crippen molar-refractivity contribution in [3.8, 4) is 0 Å². The molecule has 1 saturated carbocycles. The first-order valence-electron chi connectivity index (χ1n) is 6.75. The number of rotatable bonds is 4.